The maximum Gasteiger partial charge on any atom is 0.408 e. The summed E-state index contributed by atoms with van der Waals surface area (Å²) < 4.78 is 10.3. The van der Waals surface area contributed by atoms with E-state index in [2.05, 4.69) is 10.6 Å². The number of alkyl carbamates (subject to hydrolysis) is 1. The molecule has 198 valence electrons. The third-order valence-corrected chi connectivity index (χ3v) is 7.65. The molecule has 3 amide bonds. The number of esters is 1. The van der Waals surface area contributed by atoms with Gasteiger partial charge in [0.15, 0.2) is 0 Å². The number of fused-ring (bicyclic) bond motifs is 1. The zero-order valence-electron chi connectivity index (χ0n) is 21.8. The average Bonchev–Trinajstić information content (AvgIpc) is 3.19. The summed E-state index contributed by atoms with van der Waals surface area (Å²) in [6.07, 6.45) is 0.792. The Morgan fingerprint density at radius 3 is 2.39 bits per heavy atom. The van der Waals surface area contributed by atoms with Crippen molar-refractivity contribution in [2.24, 2.45) is 5.92 Å². The van der Waals surface area contributed by atoms with Crippen molar-refractivity contribution < 1.29 is 28.7 Å². The minimum absolute atomic E-state index is 0.143. The summed E-state index contributed by atoms with van der Waals surface area (Å²) in [5, 5.41) is 4.98. The van der Waals surface area contributed by atoms with Crippen LogP contribution in [0.15, 0.2) is 30.3 Å². The first-order chi connectivity index (χ1) is 16.9. The van der Waals surface area contributed by atoms with E-state index in [0.29, 0.717) is 19.3 Å². The molecule has 9 nitrogen and oxygen atoms in total. The van der Waals surface area contributed by atoms with Crippen molar-refractivity contribution in [3.63, 3.8) is 0 Å². The Labute approximate surface area is 217 Å². The molecule has 0 bridgehead atoms. The molecule has 0 saturated carbocycles. The van der Waals surface area contributed by atoms with Crippen molar-refractivity contribution in [1.82, 2.24) is 15.5 Å². The largest absolute Gasteiger partial charge is 0.467 e. The number of nitrogens with zero attached hydrogens (tertiary/aromatic N) is 1. The number of piperidine rings is 1. The Hall–Kier alpha value is -2.75. The van der Waals surface area contributed by atoms with Gasteiger partial charge in [0.25, 0.3) is 0 Å². The van der Waals surface area contributed by atoms with Gasteiger partial charge in [-0.15, -0.1) is 11.8 Å². The number of amides is 3. The van der Waals surface area contributed by atoms with Crippen LogP contribution in [0.2, 0.25) is 0 Å². The molecule has 0 aromatic heterocycles. The van der Waals surface area contributed by atoms with Gasteiger partial charge >= 0.3 is 12.1 Å². The summed E-state index contributed by atoms with van der Waals surface area (Å²) in [6, 6.07) is 7.09. The summed E-state index contributed by atoms with van der Waals surface area (Å²) in [6.45, 7) is 9.17. The van der Waals surface area contributed by atoms with E-state index in [9.17, 15) is 19.2 Å². The van der Waals surface area contributed by atoms with Crippen LogP contribution in [-0.4, -0.2) is 65.0 Å². The molecule has 10 heteroatoms. The van der Waals surface area contributed by atoms with Crippen LogP contribution in [-0.2, 0) is 23.9 Å². The van der Waals surface area contributed by atoms with E-state index in [1.165, 1.54) is 7.11 Å². The van der Waals surface area contributed by atoms with Crippen molar-refractivity contribution in [2.45, 2.75) is 88.2 Å². The second kappa shape index (κ2) is 11.5. The monoisotopic (exact) mass is 519 g/mol. The van der Waals surface area contributed by atoms with Crippen molar-refractivity contribution in [3.8, 4) is 0 Å². The van der Waals surface area contributed by atoms with Gasteiger partial charge in [0.2, 0.25) is 11.8 Å². The summed E-state index contributed by atoms with van der Waals surface area (Å²) in [5.74, 6) is -1.13. The van der Waals surface area contributed by atoms with Crippen molar-refractivity contribution >= 4 is 35.6 Å². The lowest BCUT2D eigenvalue weighted by Gasteiger charge is -2.37. The van der Waals surface area contributed by atoms with E-state index in [-0.39, 0.29) is 22.4 Å². The Kier molecular flexibility index (Phi) is 8.92. The minimum atomic E-state index is -0.850. The van der Waals surface area contributed by atoms with Gasteiger partial charge in [-0.25, -0.2) is 9.59 Å². The molecule has 5 unspecified atom stereocenters. The fourth-order valence-electron chi connectivity index (χ4n) is 4.57. The first-order valence-corrected chi connectivity index (χ1v) is 13.3. The maximum atomic E-state index is 13.7. The van der Waals surface area contributed by atoms with E-state index in [1.807, 2.05) is 44.2 Å². The van der Waals surface area contributed by atoms with Crippen LogP contribution in [0.4, 0.5) is 4.79 Å². The molecule has 2 N–H and O–H groups in total. The molecule has 3 rings (SSSR count). The molecule has 2 fully saturated rings. The quantitative estimate of drug-likeness (QED) is 0.531. The number of benzene rings is 1. The number of hydrogen-bond donors (Lipinski definition) is 2. The van der Waals surface area contributed by atoms with Gasteiger partial charge in [-0.05, 0) is 51.5 Å². The van der Waals surface area contributed by atoms with Crippen LogP contribution in [0.3, 0.4) is 0 Å². The van der Waals surface area contributed by atoms with Gasteiger partial charge in [-0.1, -0.05) is 44.2 Å². The Morgan fingerprint density at radius 2 is 1.81 bits per heavy atom. The van der Waals surface area contributed by atoms with Crippen LogP contribution in [0.5, 0.6) is 0 Å². The van der Waals surface area contributed by atoms with Gasteiger partial charge in [-0.2, -0.15) is 0 Å². The van der Waals surface area contributed by atoms with Gasteiger partial charge in [0, 0.05) is 0 Å². The standard InChI is InChI=1S/C26H37N3O6S/c1-15(2)14-18(24(32)34-6)27-22(30)20-21(16-10-8-7-9-11-16)36-19-13-12-17(23(31)29(19)20)28-25(33)35-26(3,4)5/h7-11,15,17-21H,12-14H2,1-6H3,(H,27,30)(H,28,33). The SMILES string of the molecule is COC(=O)C(CC(C)C)NC(=O)C1C(c2ccccc2)SC2CCC(NC(=O)OC(C)(C)C)C(=O)N21. The van der Waals surface area contributed by atoms with Gasteiger partial charge in [0.1, 0.15) is 23.7 Å². The normalized spacial score (nSPS) is 24.6. The first kappa shape index (κ1) is 27.8. The van der Waals surface area contributed by atoms with Crippen LogP contribution in [0.1, 0.15) is 64.7 Å². The number of carbonyl (C=O) groups excluding carboxylic acids is 4. The van der Waals surface area contributed by atoms with Gasteiger partial charge in [0.05, 0.1) is 17.7 Å². The van der Waals surface area contributed by atoms with Gasteiger partial charge in [-0.3, -0.25) is 9.59 Å². The lowest BCUT2D eigenvalue weighted by atomic mass is 9.97. The Balaban J connectivity index is 1.88. The second-order valence-corrected chi connectivity index (χ2v) is 11.9. The Morgan fingerprint density at radius 1 is 1.14 bits per heavy atom. The number of ether oxygens (including phenoxy) is 2. The fraction of sp³-hybridized carbons (Fsp3) is 0.615. The zero-order chi connectivity index (χ0) is 26.6. The summed E-state index contributed by atoms with van der Waals surface area (Å²) in [7, 11) is 1.29. The first-order valence-electron chi connectivity index (χ1n) is 12.3. The molecule has 0 radical (unpaired) electrons. The lowest BCUT2D eigenvalue weighted by Crippen LogP contribution is -2.60. The molecule has 36 heavy (non-hydrogen) atoms. The number of carbonyl (C=O) groups is 4. The molecule has 2 saturated heterocycles. The van der Waals surface area contributed by atoms with E-state index >= 15 is 0 Å². The third-order valence-electron chi connectivity index (χ3n) is 6.05. The predicted molar refractivity (Wildman–Crippen MR) is 137 cm³/mol. The second-order valence-electron chi connectivity index (χ2n) is 10.6. The molecule has 0 spiro atoms. The number of hydrogen-bond acceptors (Lipinski definition) is 7. The lowest BCUT2D eigenvalue weighted by molar-refractivity contribution is -0.148. The molecular weight excluding hydrogens is 482 g/mol. The number of rotatable bonds is 7. The molecule has 1 aromatic carbocycles. The topological polar surface area (TPSA) is 114 Å². The summed E-state index contributed by atoms with van der Waals surface area (Å²) >= 11 is 1.56. The van der Waals surface area contributed by atoms with Crippen molar-refractivity contribution in [1.29, 1.82) is 0 Å². The van der Waals surface area contributed by atoms with Crippen molar-refractivity contribution in [3.05, 3.63) is 35.9 Å². The van der Waals surface area contributed by atoms with Crippen LogP contribution >= 0.6 is 11.8 Å². The molecule has 1 aromatic rings. The van der Waals surface area contributed by atoms with E-state index < -0.39 is 41.7 Å². The average molecular weight is 520 g/mol. The molecule has 0 aliphatic carbocycles. The molecule has 2 aliphatic heterocycles. The molecule has 2 heterocycles. The highest BCUT2D eigenvalue weighted by Gasteiger charge is 2.53. The van der Waals surface area contributed by atoms with Crippen LogP contribution in [0.25, 0.3) is 0 Å². The summed E-state index contributed by atoms with van der Waals surface area (Å²) in [4.78, 5) is 53.7. The highest BCUT2D eigenvalue weighted by atomic mass is 32.2. The van der Waals surface area contributed by atoms with Crippen LogP contribution in [0, 0.1) is 5.92 Å². The van der Waals surface area contributed by atoms with Crippen LogP contribution < -0.4 is 10.6 Å². The maximum absolute atomic E-state index is 13.7. The third kappa shape index (κ3) is 6.72. The fourth-order valence-corrected chi connectivity index (χ4v) is 6.26. The zero-order valence-corrected chi connectivity index (χ0v) is 22.6. The number of methoxy groups -OCH3 is 1. The van der Waals surface area contributed by atoms with Crippen molar-refractivity contribution in [2.75, 3.05) is 7.11 Å². The predicted octanol–water partition coefficient (Wildman–Crippen LogP) is 3.39. The molecular formula is C26H37N3O6S. The van der Waals surface area contributed by atoms with E-state index in [1.54, 1.807) is 37.4 Å². The number of thioether (sulfide) groups is 1. The number of nitrogens with one attached hydrogen (secondary N) is 2. The highest BCUT2D eigenvalue weighted by molar-refractivity contribution is 8.00. The smallest absolute Gasteiger partial charge is 0.408 e. The summed E-state index contributed by atoms with van der Waals surface area (Å²) in [5.41, 5.74) is 0.216. The highest BCUT2D eigenvalue weighted by Crippen LogP contribution is 2.49. The minimum Gasteiger partial charge on any atom is -0.467 e. The van der Waals surface area contributed by atoms with E-state index in [0.717, 1.165) is 5.56 Å². The van der Waals surface area contributed by atoms with Gasteiger partial charge < -0.3 is 25.0 Å². The molecule has 2 aliphatic rings. The molecule has 5 atom stereocenters. The Bertz CT molecular complexity index is 964. The van der Waals surface area contributed by atoms with E-state index in [4.69, 9.17) is 9.47 Å².